The number of nitrogens with two attached hydrogens (primary N) is 1. The van der Waals surface area contributed by atoms with Gasteiger partial charge in [0, 0.05) is 13.2 Å². The van der Waals surface area contributed by atoms with Crippen LogP contribution in [-0.2, 0) is 5.54 Å². The summed E-state index contributed by atoms with van der Waals surface area (Å²) in [5.74, 6) is 0.627. The lowest BCUT2D eigenvalue weighted by Crippen LogP contribution is -2.51. The molecule has 0 aliphatic heterocycles. The number of fused-ring (bicyclic) bond motifs is 1. The summed E-state index contributed by atoms with van der Waals surface area (Å²) in [7, 11) is 0. The summed E-state index contributed by atoms with van der Waals surface area (Å²) in [6.45, 7) is 4.22. The van der Waals surface area contributed by atoms with Gasteiger partial charge in [-0.3, -0.25) is 0 Å². The molecule has 3 nitrogen and oxygen atoms in total. The van der Waals surface area contributed by atoms with Crippen LogP contribution in [-0.4, -0.2) is 24.8 Å². The topological polar surface area (TPSA) is 58.3 Å². The molecular formula is C17H28N2O. The lowest BCUT2D eigenvalue weighted by molar-refractivity contribution is 0.266. The second kappa shape index (κ2) is 7.21. The Balaban J connectivity index is 2.08. The van der Waals surface area contributed by atoms with Crippen LogP contribution in [0.25, 0.3) is 0 Å². The zero-order valence-corrected chi connectivity index (χ0v) is 12.6. The largest absolute Gasteiger partial charge is 0.396 e. The third-order valence-electron chi connectivity index (χ3n) is 4.66. The summed E-state index contributed by atoms with van der Waals surface area (Å²) in [6.07, 6.45) is 5.37. The minimum Gasteiger partial charge on any atom is -0.396 e. The maximum absolute atomic E-state index is 8.83. The van der Waals surface area contributed by atoms with Crippen LogP contribution in [0.3, 0.4) is 0 Å². The van der Waals surface area contributed by atoms with E-state index in [0.717, 1.165) is 32.2 Å². The molecule has 1 aliphatic carbocycles. The van der Waals surface area contributed by atoms with E-state index in [-0.39, 0.29) is 5.54 Å². The van der Waals surface area contributed by atoms with E-state index in [9.17, 15) is 0 Å². The molecule has 0 amide bonds. The smallest absolute Gasteiger partial charge is 0.0561 e. The van der Waals surface area contributed by atoms with Gasteiger partial charge in [0.2, 0.25) is 0 Å². The Bertz CT molecular complexity index is 421. The van der Waals surface area contributed by atoms with Crippen LogP contribution in [0.4, 0.5) is 0 Å². The van der Waals surface area contributed by atoms with Crippen molar-refractivity contribution in [1.82, 2.24) is 5.32 Å². The van der Waals surface area contributed by atoms with Gasteiger partial charge >= 0.3 is 0 Å². The molecule has 4 N–H and O–H groups in total. The molecule has 0 fully saturated rings. The van der Waals surface area contributed by atoms with Gasteiger partial charge in [-0.15, -0.1) is 0 Å². The van der Waals surface area contributed by atoms with E-state index in [1.807, 2.05) is 0 Å². The number of benzene rings is 1. The Morgan fingerprint density at radius 2 is 2.10 bits per heavy atom. The molecule has 20 heavy (non-hydrogen) atoms. The van der Waals surface area contributed by atoms with Crippen LogP contribution in [0.15, 0.2) is 24.3 Å². The standard InChI is InChI=1S/C17H28N2O/c1-14-9-10-17(13-18,19-11-5-2-6-12-20)16-8-4-3-7-15(14)16/h3-4,7-8,14,19-20H,2,5-6,9-13,18H2,1H3. The quantitative estimate of drug-likeness (QED) is 0.671. The molecule has 0 spiro atoms. The average Bonchev–Trinajstić information content (AvgIpc) is 2.50. The second-order valence-electron chi connectivity index (χ2n) is 6.02. The van der Waals surface area contributed by atoms with Gasteiger partial charge in [0.05, 0.1) is 5.54 Å². The van der Waals surface area contributed by atoms with Gasteiger partial charge in [0.25, 0.3) is 0 Å². The predicted molar refractivity (Wildman–Crippen MR) is 83.8 cm³/mol. The molecule has 0 saturated heterocycles. The molecule has 0 heterocycles. The zero-order valence-electron chi connectivity index (χ0n) is 12.6. The van der Waals surface area contributed by atoms with Crippen molar-refractivity contribution < 1.29 is 5.11 Å². The highest BCUT2D eigenvalue weighted by Crippen LogP contribution is 2.40. The molecule has 112 valence electrons. The zero-order chi connectivity index (χ0) is 14.4. The molecule has 2 atom stereocenters. The first-order chi connectivity index (χ1) is 9.73. The number of nitrogens with one attached hydrogen (secondary N) is 1. The third-order valence-corrected chi connectivity index (χ3v) is 4.66. The van der Waals surface area contributed by atoms with Crippen molar-refractivity contribution in [2.75, 3.05) is 19.7 Å². The fourth-order valence-corrected chi connectivity index (χ4v) is 3.32. The van der Waals surface area contributed by atoms with Crippen molar-refractivity contribution >= 4 is 0 Å². The molecule has 1 aromatic carbocycles. The number of aliphatic hydroxyl groups excluding tert-OH is 1. The number of hydrogen-bond acceptors (Lipinski definition) is 3. The first-order valence-corrected chi connectivity index (χ1v) is 7.89. The Morgan fingerprint density at radius 1 is 1.30 bits per heavy atom. The molecular weight excluding hydrogens is 248 g/mol. The molecule has 0 saturated carbocycles. The lowest BCUT2D eigenvalue weighted by Gasteiger charge is -2.41. The van der Waals surface area contributed by atoms with Crippen molar-refractivity contribution in [3.8, 4) is 0 Å². The van der Waals surface area contributed by atoms with E-state index < -0.39 is 0 Å². The fourth-order valence-electron chi connectivity index (χ4n) is 3.32. The maximum Gasteiger partial charge on any atom is 0.0561 e. The number of unbranched alkanes of at least 4 members (excludes halogenated alkanes) is 2. The summed E-state index contributed by atoms with van der Waals surface area (Å²) < 4.78 is 0. The highest BCUT2D eigenvalue weighted by Gasteiger charge is 2.36. The normalized spacial score (nSPS) is 25.4. The van der Waals surface area contributed by atoms with Crippen LogP contribution < -0.4 is 11.1 Å². The van der Waals surface area contributed by atoms with Crippen LogP contribution in [0.5, 0.6) is 0 Å². The van der Waals surface area contributed by atoms with Crippen molar-refractivity contribution in [1.29, 1.82) is 0 Å². The SMILES string of the molecule is CC1CCC(CN)(NCCCCCO)c2ccccc21. The molecule has 3 heteroatoms. The van der Waals surface area contributed by atoms with Gasteiger partial charge in [-0.25, -0.2) is 0 Å². The monoisotopic (exact) mass is 276 g/mol. The summed E-state index contributed by atoms with van der Waals surface area (Å²) in [4.78, 5) is 0. The maximum atomic E-state index is 8.83. The highest BCUT2D eigenvalue weighted by atomic mass is 16.2. The van der Waals surface area contributed by atoms with Gasteiger partial charge in [0.15, 0.2) is 0 Å². The van der Waals surface area contributed by atoms with Crippen LogP contribution in [0, 0.1) is 0 Å². The summed E-state index contributed by atoms with van der Waals surface area (Å²) in [5, 5.41) is 12.5. The molecule has 0 radical (unpaired) electrons. The van der Waals surface area contributed by atoms with Crippen LogP contribution >= 0.6 is 0 Å². The van der Waals surface area contributed by atoms with Crippen molar-refractivity contribution in [2.24, 2.45) is 5.73 Å². The van der Waals surface area contributed by atoms with Crippen LogP contribution in [0.1, 0.15) is 56.1 Å². The third kappa shape index (κ3) is 3.22. The Kier molecular flexibility index (Phi) is 5.58. The van der Waals surface area contributed by atoms with E-state index in [4.69, 9.17) is 10.8 Å². The van der Waals surface area contributed by atoms with E-state index in [2.05, 4.69) is 36.5 Å². The number of hydrogen-bond donors (Lipinski definition) is 3. The van der Waals surface area contributed by atoms with E-state index in [1.165, 1.54) is 17.5 Å². The van der Waals surface area contributed by atoms with Crippen LogP contribution in [0.2, 0.25) is 0 Å². The first kappa shape index (κ1) is 15.5. The van der Waals surface area contributed by atoms with Crippen molar-refractivity contribution in [3.63, 3.8) is 0 Å². The van der Waals surface area contributed by atoms with Gasteiger partial charge in [-0.05, 0) is 55.7 Å². The number of rotatable bonds is 7. The average molecular weight is 276 g/mol. The molecule has 0 bridgehead atoms. The Labute approximate surface area is 122 Å². The van der Waals surface area contributed by atoms with Gasteiger partial charge in [-0.2, -0.15) is 0 Å². The van der Waals surface area contributed by atoms with E-state index in [0.29, 0.717) is 19.1 Å². The van der Waals surface area contributed by atoms with Gasteiger partial charge in [0.1, 0.15) is 0 Å². The number of aliphatic hydroxyl groups is 1. The Morgan fingerprint density at radius 3 is 2.85 bits per heavy atom. The molecule has 2 rings (SSSR count). The van der Waals surface area contributed by atoms with Crippen molar-refractivity contribution in [3.05, 3.63) is 35.4 Å². The lowest BCUT2D eigenvalue weighted by atomic mass is 9.72. The molecule has 1 aromatic rings. The summed E-state index contributed by atoms with van der Waals surface area (Å²) in [5.41, 5.74) is 8.93. The van der Waals surface area contributed by atoms with Gasteiger partial charge < -0.3 is 16.2 Å². The summed E-state index contributed by atoms with van der Waals surface area (Å²) >= 11 is 0. The van der Waals surface area contributed by atoms with E-state index >= 15 is 0 Å². The summed E-state index contributed by atoms with van der Waals surface area (Å²) in [6, 6.07) is 8.73. The fraction of sp³-hybridized carbons (Fsp3) is 0.647. The first-order valence-electron chi connectivity index (χ1n) is 7.89. The molecule has 1 aliphatic rings. The second-order valence-corrected chi connectivity index (χ2v) is 6.02. The van der Waals surface area contributed by atoms with Gasteiger partial charge in [-0.1, -0.05) is 31.2 Å². The molecule has 2 unspecified atom stereocenters. The van der Waals surface area contributed by atoms with E-state index in [1.54, 1.807) is 0 Å². The van der Waals surface area contributed by atoms with Crippen molar-refractivity contribution in [2.45, 2.75) is 50.5 Å². The minimum atomic E-state index is -0.0533. The highest BCUT2D eigenvalue weighted by molar-refractivity contribution is 5.39. The predicted octanol–water partition coefficient (Wildman–Crippen LogP) is 2.49. The minimum absolute atomic E-state index is 0.0533. The molecule has 0 aromatic heterocycles. The Hall–Kier alpha value is -0.900.